The van der Waals surface area contributed by atoms with Crippen LogP contribution in [-0.2, 0) is 77.3 Å². The largest absolute Gasteiger partial charge is 0.524 e. The summed E-state index contributed by atoms with van der Waals surface area (Å²) in [6.07, 6.45) is -12.7. The normalized spacial score (nSPS) is 16.7. The molecule has 2 aromatic heterocycles. The summed E-state index contributed by atoms with van der Waals surface area (Å²) in [7, 11) is -8.37. The number of nitrogens with one attached hydrogen (secondary N) is 5. The number of ether oxygens (including phenoxy) is 4. The Bertz CT molecular complexity index is 4890. The summed E-state index contributed by atoms with van der Waals surface area (Å²) in [5.74, 6) is -5.35. The van der Waals surface area contributed by atoms with Crippen molar-refractivity contribution in [2.24, 2.45) is 10.8 Å². The number of carbonyl (C=O) groups excluding carboxylic acids is 6. The summed E-state index contributed by atoms with van der Waals surface area (Å²) in [6.45, 7) is 2.38. The molecule has 42 heteroatoms. The smallest absolute Gasteiger partial charge is 0.478 e. The third kappa shape index (κ3) is 22.0. The third-order valence-electron chi connectivity index (χ3n) is 19.9. The van der Waals surface area contributed by atoms with Gasteiger partial charge < -0.3 is 54.7 Å². The molecule has 0 saturated carbocycles. The first-order chi connectivity index (χ1) is 53.9. The number of aromatic carboxylic acids is 1. The molecular formula is C74H83F10N12O18PS. The number of hydrazine groups is 1. The minimum absolute atomic E-state index is 0.0530. The van der Waals surface area contributed by atoms with Gasteiger partial charge in [0.05, 0.1) is 91.4 Å². The fraction of sp³-hybridized carbons (Fsp3) is 0.459. The maximum atomic E-state index is 16.9. The first-order valence-electron chi connectivity index (χ1n) is 35.5. The molecule has 2 bridgehead atoms. The number of carbonyl (C=O) groups is 7. The Morgan fingerprint density at radius 2 is 1.33 bits per heavy atom. The number of carboxylic acids is 1. The molecule has 116 heavy (non-hydrogen) atoms. The van der Waals surface area contributed by atoms with E-state index in [0.717, 1.165) is 62.7 Å². The lowest BCUT2D eigenvalue weighted by atomic mass is 9.77. The Hall–Kier alpha value is -10.5. The molecule has 2 unspecified atom stereocenters. The molecule has 3 aliphatic heterocycles. The maximum Gasteiger partial charge on any atom is 0.524 e. The van der Waals surface area contributed by atoms with Gasteiger partial charge in [0.2, 0.25) is 17.8 Å². The highest BCUT2D eigenvalue weighted by molar-refractivity contribution is 7.90. The number of phosphoric ester groups is 1. The SMILES string of the molecule is COC(=O)N[C@H](C(=O)N[C@@H](Cc1ccc(C#Cc2cnc(N3CC4CCC(C3)N4C3COC3)nc2)cc1)[C@H](CN(Cc1c(F)cc(-c2ccn(C(F)F)n2)cc1F)NC(=O)[C@@H](NC(=O)OC)C(C)(C)C(F)(F)F)OC(=O)CC(C)(C)c1c(CC(=O)Nc2cc(C(=O)O)cc(S(C)(=O)=O)c2)cc(C)cc1OP(=O)(O)O)C(C)(C)C(F)(F)F. The summed E-state index contributed by atoms with van der Waals surface area (Å²) in [6, 6.07) is 5.90. The van der Waals surface area contributed by atoms with Gasteiger partial charge in [-0.3, -0.25) is 39.3 Å². The van der Waals surface area contributed by atoms with E-state index in [0.29, 0.717) is 95.8 Å². The van der Waals surface area contributed by atoms with E-state index in [4.69, 9.17) is 14.0 Å². The number of hydrogen-bond donors (Lipinski definition) is 8. The molecule has 628 valence electrons. The average Bonchev–Trinajstić information content (AvgIpc) is 1.10. The van der Waals surface area contributed by atoms with E-state index in [1.807, 2.05) is 5.32 Å². The van der Waals surface area contributed by atoms with Crippen molar-refractivity contribution in [2.75, 3.05) is 63.5 Å². The standard InChI is InChI=1S/C74H83F10N12O18PS/c1-39-21-44(28-58(97)87-46-24-45(65(101)102)25-50(29-46)116(10,108)109)60(56(22-39)114-115(105,106)107)70(2,3)30-59(98)113-57(36-94(92-64(100)62(90-69(104)111-9)72(6,7)74(82,83)84)35-51-52(75)26-43(27-53(51)76)54-19-20-95(91-54)66(77)78)55(88-63(99)61(89-68(103)110-8)71(4,5)73(79,80)81)23-41-14-11-40(12-15-41)13-16-42-31-85-67(86-32-42)93-33-47-17-18-48(34-93)96(47)49-37-112-38-49/h11-12,14-15,19-22,24-27,29,31-32,47-49,55,57,61-62,66H,17-18,23,28,30,33-38H2,1-10H3,(H,87,97)(H,88,99)(H,89,103)(H,90,104)(H,92,100)(H,101,102)(H2,105,106,107)/t47?,48?,55-,57-,61+,62+/m0/s1. The van der Waals surface area contributed by atoms with Crippen LogP contribution < -0.4 is 36.1 Å². The number of esters is 1. The lowest BCUT2D eigenvalue weighted by Crippen LogP contribution is -2.64. The molecule has 0 spiro atoms. The number of alkyl halides is 8. The third-order valence-corrected chi connectivity index (χ3v) is 21.5. The van der Waals surface area contributed by atoms with Crippen molar-refractivity contribution in [1.82, 2.24) is 51.0 Å². The molecule has 9 rings (SSSR count). The Kier molecular flexibility index (Phi) is 27.4. The second-order valence-corrected chi connectivity index (χ2v) is 33.0. The van der Waals surface area contributed by atoms with Crippen molar-refractivity contribution in [3.05, 3.63) is 148 Å². The molecule has 3 saturated heterocycles. The van der Waals surface area contributed by atoms with Crippen molar-refractivity contribution >= 4 is 71.1 Å². The zero-order valence-electron chi connectivity index (χ0n) is 63.8. The van der Waals surface area contributed by atoms with Crippen molar-refractivity contribution in [2.45, 2.75) is 159 Å². The van der Waals surface area contributed by atoms with E-state index in [1.165, 1.54) is 63.5 Å². The predicted molar refractivity (Wildman–Crippen MR) is 391 cm³/mol. The molecule has 4 aromatic carbocycles. The number of fused-ring (bicyclic) bond motifs is 2. The summed E-state index contributed by atoms with van der Waals surface area (Å²) in [5, 5.41) is 22.2. The summed E-state index contributed by atoms with van der Waals surface area (Å²) < 4.78 is 217. The second-order valence-electron chi connectivity index (χ2n) is 29.8. The van der Waals surface area contributed by atoms with Crippen molar-refractivity contribution in [3.63, 3.8) is 0 Å². The van der Waals surface area contributed by atoms with Gasteiger partial charge >= 0.3 is 50.8 Å². The molecule has 6 atom stereocenters. The number of aryl methyl sites for hydroxylation is 1. The van der Waals surface area contributed by atoms with E-state index >= 15 is 44.7 Å². The van der Waals surface area contributed by atoms with Crippen LogP contribution in [0.1, 0.15) is 117 Å². The van der Waals surface area contributed by atoms with Crippen molar-refractivity contribution in [1.29, 1.82) is 0 Å². The number of aromatic nitrogens is 4. The number of hydrogen-bond acceptors (Lipinski definition) is 21. The highest BCUT2D eigenvalue weighted by Crippen LogP contribution is 2.47. The van der Waals surface area contributed by atoms with Gasteiger partial charge in [-0.25, -0.2) is 55.8 Å². The van der Waals surface area contributed by atoms with Crippen LogP contribution in [0.4, 0.5) is 65.1 Å². The number of nitrogens with zero attached hydrogens (tertiary/aromatic N) is 7. The van der Waals surface area contributed by atoms with Gasteiger partial charge in [-0.15, -0.1) is 0 Å². The molecule has 8 N–H and O–H groups in total. The van der Waals surface area contributed by atoms with Crippen molar-refractivity contribution < 1.29 is 129 Å². The maximum absolute atomic E-state index is 16.9. The predicted octanol–water partition coefficient (Wildman–Crippen LogP) is 8.99. The van der Waals surface area contributed by atoms with Crippen LogP contribution in [0.5, 0.6) is 5.75 Å². The van der Waals surface area contributed by atoms with E-state index in [-0.39, 0.29) is 50.3 Å². The number of benzene rings is 4. The number of halogens is 10. The van der Waals surface area contributed by atoms with E-state index < -0.39 is 196 Å². The fourth-order valence-corrected chi connectivity index (χ4v) is 14.7. The summed E-state index contributed by atoms with van der Waals surface area (Å²) >= 11 is 0. The number of rotatable bonds is 30. The first kappa shape index (κ1) is 89.4. The van der Waals surface area contributed by atoms with Crippen LogP contribution in [0.15, 0.2) is 96.3 Å². The zero-order valence-corrected chi connectivity index (χ0v) is 65.5. The van der Waals surface area contributed by atoms with Crippen LogP contribution in [0.2, 0.25) is 0 Å². The highest BCUT2D eigenvalue weighted by Gasteiger charge is 2.58. The van der Waals surface area contributed by atoms with Gasteiger partial charge in [0, 0.05) is 89.9 Å². The topological polar surface area (TPSA) is 391 Å². The van der Waals surface area contributed by atoms with Gasteiger partial charge in [0.15, 0.2) is 9.84 Å². The lowest BCUT2D eigenvalue weighted by Gasteiger charge is -2.47. The Morgan fingerprint density at radius 3 is 1.84 bits per heavy atom. The molecule has 5 heterocycles. The molecule has 0 radical (unpaired) electrons. The number of anilines is 2. The van der Waals surface area contributed by atoms with Crippen LogP contribution in [0.25, 0.3) is 11.3 Å². The second kappa shape index (κ2) is 35.5. The van der Waals surface area contributed by atoms with Crippen LogP contribution >= 0.6 is 7.82 Å². The van der Waals surface area contributed by atoms with Gasteiger partial charge in [-0.1, -0.05) is 43.9 Å². The molecule has 3 fully saturated rings. The molecule has 6 aromatic rings. The van der Waals surface area contributed by atoms with Crippen molar-refractivity contribution in [3.8, 4) is 28.8 Å². The number of alkyl carbamates (subject to hydrolysis) is 2. The quantitative estimate of drug-likeness (QED) is 0.00520. The van der Waals surface area contributed by atoms with E-state index in [1.54, 1.807) is 5.32 Å². The first-order valence-corrected chi connectivity index (χ1v) is 38.9. The summed E-state index contributed by atoms with van der Waals surface area (Å²) in [5.41, 5.74) is -9.41. The summed E-state index contributed by atoms with van der Waals surface area (Å²) in [4.78, 5) is 132. The van der Waals surface area contributed by atoms with Gasteiger partial charge in [0.25, 0.3) is 5.91 Å². The van der Waals surface area contributed by atoms with Crippen LogP contribution in [0.3, 0.4) is 0 Å². The molecule has 0 aliphatic carbocycles. The molecular weight excluding hydrogens is 1600 g/mol. The van der Waals surface area contributed by atoms with Crippen LogP contribution in [0, 0.1) is 41.2 Å². The molecule has 30 nitrogen and oxygen atoms in total. The number of piperazine rings is 1. The Balaban J connectivity index is 1.18. The number of phosphoric acid groups is 1. The molecule has 3 aliphatic rings. The number of amides is 5. The van der Waals surface area contributed by atoms with Gasteiger partial charge in [-0.05, 0) is 125 Å². The minimum atomic E-state index is -5.67. The minimum Gasteiger partial charge on any atom is -0.478 e. The Labute approximate surface area is 657 Å². The fourth-order valence-electron chi connectivity index (χ4n) is 13.6. The number of methoxy groups -OCH3 is 2. The lowest BCUT2D eigenvalue weighted by molar-refractivity contribution is -0.221. The van der Waals surface area contributed by atoms with Gasteiger partial charge in [0.1, 0.15) is 35.6 Å². The number of carboxylic acid groups (broad SMARTS) is 1. The Morgan fingerprint density at radius 1 is 0.759 bits per heavy atom. The zero-order chi connectivity index (χ0) is 85.7. The van der Waals surface area contributed by atoms with E-state index in [9.17, 15) is 60.6 Å². The number of sulfone groups is 1. The highest BCUT2D eigenvalue weighted by atomic mass is 32.2. The van der Waals surface area contributed by atoms with E-state index in [2.05, 4.69) is 62.2 Å². The van der Waals surface area contributed by atoms with Crippen LogP contribution in [-0.4, -0.2) is 203 Å². The average molecular weight is 1680 g/mol. The monoisotopic (exact) mass is 1680 g/mol. The van der Waals surface area contributed by atoms with Gasteiger partial charge in [-0.2, -0.15) is 40.2 Å². The molecule has 5 amide bonds.